The molecule has 24 heavy (non-hydrogen) atoms. The van der Waals surface area contributed by atoms with Crippen LogP contribution in [0.5, 0.6) is 0 Å². The Balaban J connectivity index is 2.23. The van der Waals surface area contributed by atoms with Crippen LogP contribution in [0.25, 0.3) is 5.69 Å². The quantitative estimate of drug-likeness (QED) is 0.722. The highest BCUT2D eigenvalue weighted by Gasteiger charge is 2.09. The highest BCUT2D eigenvalue weighted by atomic mass is 32.1. The van der Waals surface area contributed by atoms with E-state index in [2.05, 4.69) is 49.1 Å². The van der Waals surface area contributed by atoms with Crippen molar-refractivity contribution in [3.8, 4) is 17.8 Å². The Kier molecular flexibility index (Phi) is 6.31. The Morgan fingerprint density at radius 1 is 1.08 bits per heavy atom. The maximum absolute atomic E-state index is 8.79. The zero-order valence-corrected chi connectivity index (χ0v) is 14.9. The van der Waals surface area contributed by atoms with Crippen LogP contribution in [-0.2, 0) is 6.67 Å². The predicted octanol–water partition coefficient (Wildman–Crippen LogP) is 3.71. The van der Waals surface area contributed by atoms with Crippen molar-refractivity contribution in [3.05, 3.63) is 46.5 Å². The molecule has 0 N–H and O–H groups in total. The van der Waals surface area contributed by atoms with Crippen LogP contribution >= 0.6 is 12.2 Å². The molecule has 1 aromatic carbocycles. The third-order valence-corrected chi connectivity index (χ3v) is 4.32. The minimum absolute atomic E-state index is 0.441. The molecule has 0 saturated carbocycles. The van der Waals surface area contributed by atoms with E-state index in [0.717, 1.165) is 5.69 Å². The van der Waals surface area contributed by atoms with Crippen molar-refractivity contribution in [3.63, 3.8) is 0 Å². The summed E-state index contributed by atoms with van der Waals surface area (Å²) in [6.45, 7) is 6.00. The first-order valence-corrected chi connectivity index (χ1v) is 8.29. The molecule has 0 aliphatic rings. The minimum Gasteiger partial charge on any atom is -0.310 e. The number of aromatic nitrogens is 2. The zero-order valence-electron chi connectivity index (χ0n) is 14.1. The molecule has 0 aliphatic carbocycles. The second-order valence-corrected chi connectivity index (χ2v) is 6.15. The summed E-state index contributed by atoms with van der Waals surface area (Å²) in [5, 5.41) is 17.6. The van der Waals surface area contributed by atoms with Crippen molar-refractivity contribution < 1.29 is 0 Å². The van der Waals surface area contributed by atoms with Crippen molar-refractivity contribution in [1.82, 2.24) is 14.0 Å². The average molecular weight is 339 g/mol. The lowest BCUT2D eigenvalue weighted by Crippen LogP contribution is -2.28. The van der Waals surface area contributed by atoms with Gasteiger partial charge in [0.2, 0.25) is 0 Å². The molecule has 2 aromatic rings. The van der Waals surface area contributed by atoms with Gasteiger partial charge in [0.1, 0.15) is 0 Å². The first-order valence-electron chi connectivity index (χ1n) is 7.88. The van der Waals surface area contributed by atoms with Crippen molar-refractivity contribution in [1.29, 1.82) is 10.5 Å². The summed E-state index contributed by atoms with van der Waals surface area (Å²) in [4.78, 5) is 2.08. The van der Waals surface area contributed by atoms with Gasteiger partial charge in [-0.1, -0.05) is 17.7 Å². The van der Waals surface area contributed by atoms with E-state index in [1.807, 2.05) is 21.5 Å². The van der Waals surface area contributed by atoms with Gasteiger partial charge in [-0.15, -0.1) is 0 Å². The van der Waals surface area contributed by atoms with Crippen LogP contribution in [0.4, 0.5) is 0 Å². The Hall–Kier alpha value is -2.41. The Labute approximate surface area is 148 Å². The highest BCUT2D eigenvalue weighted by Crippen LogP contribution is 2.17. The van der Waals surface area contributed by atoms with Crippen molar-refractivity contribution in [2.45, 2.75) is 33.4 Å². The summed E-state index contributed by atoms with van der Waals surface area (Å²) < 4.78 is 4.68. The summed E-state index contributed by atoms with van der Waals surface area (Å²) in [6, 6.07) is 10.6. The lowest BCUT2D eigenvalue weighted by atomic mass is 10.1. The molecule has 6 heteroatoms. The molecule has 0 bridgehead atoms. The van der Waals surface area contributed by atoms with E-state index in [0.29, 0.717) is 37.4 Å². The standard InChI is InChI=1S/C18H21N5S/c1-15-5-6-17(16(2)13-15)23-12-11-22(18(23)24)14-21(9-3-7-19)10-4-8-20/h5-6,11-13H,3-4,9-10,14H2,1-2H3. The topological polar surface area (TPSA) is 60.7 Å². The molecule has 0 radical (unpaired) electrons. The summed E-state index contributed by atoms with van der Waals surface area (Å²) in [5.41, 5.74) is 3.47. The molecule has 0 spiro atoms. The smallest absolute Gasteiger partial charge is 0.185 e. The highest BCUT2D eigenvalue weighted by molar-refractivity contribution is 7.71. The monoisotopic (exact) mass is 339 g/mol. The molecular weight excluding hydrogens is 318 g/mol. The summed E-state index contributed by atoms with van der Waals surface area (Å²) >= 11 is 5.61. The largest absolute Gasteiger partial charge is 0.310 e. The summed E-state index contributed by atoms with van der Waals surface area (Å²) in [5.74, 6) is 0. The van der Waals surface area contributed by atoms with Gasteiger partial charge in [0.05, 0.1) is 24.5 Å². The van der Waals surface area contributed by atoms with E-state index in [4.69, 9.17) is 22.7 Å². The molecule has 0 aliphatic heterocycles. The number of nitrogens with zero attached hydrogens (tertiary/aromatic N) is 5. The van der Waals surface area contributed by atoms with E-state index in [9.17, 15) is 0 Å². The van der Waals surface area contributed by atoms with Gasteiger partial charge >= 0.3 is 0 Å². The van der Waals surface area contributed by atoms with Gasteiger partial charge in [-0.3, -0.25) is 9.47 Å². The fourth-order valence-electron chi connectivity index (χ4n) is 2.66. The molecule has 5 nitrogen and oxygen atoms in total. The molecule has 2 rings (SSSR count). The van der Waals surface area contributed by atoms with Crippen LogP contribution in [0.15, 0.2) is 30.6 Å². The Bertz CT molecular complexity index is 816. The van der Waals surface area contributed by atoms with E-state index in [1.54, 1.807) is 0 Å². The zero-order chi connectivity index (χ0) is 17.5. The van der Waals surface area contributed by atoms with E-state index in [1.165, 1.54) is 11.1 Å². The van der Waals surface area contributed by atoms with Crippen molar-refractivity contribution >= 4 is 12.2 Å². The van der Waals surface area contributed by atoms with E-state index in [-0.39, 0.29) is 0 Å². The molecule has 124 valence electrons. The maximum Gasteiger partial charge on any atom is 0.185 e. The van der Waals surface area contributed by atoms with Crippen LogP contribution < -0.4 is 0 Å². The van der Waals surface area contributed by atoms with Crippen molar-refractivity contribution in [2.75, 3.05) is 13.1 Å². The van der Waals surface area contributed by atoms with Gasteiger partial charge in [-0.2, -0.15) is 10.5 Å². The number of rotatable bonds is 7. The third-order valence-electron chi connectivity index (χ3n) is 3.89. The van der Waals surface area contributed by atoms with Crippen LogP contribution in [-0.4, -0.2) is 27.1 Å². The molecule has 0 unspecified atom stereocenters. The van der Waals surface area contributed by atoms with E-state index < -0.39 is 0 Å². The lowest BCUT2D eigenvalue weighted by Gasteiger charge is -2.20. The Morgan fingerprint density at radius 3 is 2.33 bits per heavy atom. The van der Waals surface area contributed by atoms with Crippen LogP contribution in [0.3, 0.4) is 0 Å². The molecular formula is C18H21N5S. The van der Waals surface area contributed by atoms with Crippen LogP contribution in [0, 0.1) is 41.3 Å². The minimum atomic E-state index is 0.441. The molecule has 0 saturated heterocycles. The van der Waals surface area contributed by atoms with Gasteiger partial charge in [-0.05, 0) is 37.7 Å². The van der Waals surface area contributed by atoms with Gasteiger partial charge in [-0.25, -0.2) is 0 Å². The predicted molar refractivity (Wildman–Crippen MR) is 96.1 cm³/mol. The van der Waals surface area contributed by atoms with Gasteiger partial charge in [0, 0.05) is 38.3 Å². The third kappa shape index (κ3) is 4.32. The average Bonchev–Trinajstić information content (AvgIpc) is 2.91. The lowest BCUT2D eigenvalue weighted by molar-refractivity contribution is 0.226. The second-order valence-electron chi connectivity index (χ2n) is 5.79. The molecule has 1 aromatic heterocycles. The fraction of sp³-hybridized carbons (Fsp3) is 0.389. The first-order chi connectivity index (χ1) is 11.6. The maximum atomic E-state index is 8.79. The number of hydrogen-bond acceptors (Lipinski definition) is 4. The van der Waals surface area contributed by atoms with Crippen LogP contribution in [0.1, 0.15) is 24.0 Å². The Morgan fingerprint density at radius 2 is 1.75 bits per heavy atom. The van der Waals surface area contributed by atoms with Gasteiger partial charge in [0.25, 0.3) is 0 Å². The first kappa shape index (κ1) is 17.9. The van der Waals surface area contributed by atoms with Gasteiger partial charge < -0.3 is 4.57 Å². The number of imidazole rings is 1. The van der Waals surface area contributed by atoms with Crippen LogP contribution in [0.2, 0.25) is 0 Å². The number of aryl methyl sites for hydroxylation is 2. The van der Waals surface area contributed by atoms with E-state index >= 15 is 0 Å². The summed E-state index contributed by atoms with van der Waals surface area (Å²) in [7, 11) is 0. The number of hydrogen-bond donors (Lipinski definition) is 0. The molecule has 0 fully saturated rings. The van der Waals surface area contributed by atoms with Crippen molar-refractivity contribution in [2.24, 2.45) is 0 Å². The second kappa shape index (κ2) is 8.44. The fourth-order valence-corrected chi connectivity index (χ4v) is 2.94. The SMILES string of the molecule is Cc1ccc(-n2ccn(CN(CCC#N)CCC#N)c2=S)c(C)c1. The number of nitriles is 2. The molecule has 1 heterocycles. The normalized spacial score (nSPS) is 10.5. The van der Waals surface area contributed by atoms with Gasteiger partial charge in [0.15, 0.2) is 4.77 Å². The number of benzene rings is 1. The summed E-state index contributed by atoms with van der Waals surface area (Å²) in [6.07, 6.45) is 4.80. The molecule has 0 amide bonds. The molecule has 0 atom stereocenters.